The highest BCUT2D eigenvalue weighted by Gasteiger charge is 2.19. The summed E-state index contributed by atoms with van der Waals surface area (Å²) in [5.41, 5.74) is 4.78. The minimum absolute atomic E-state index is 0.0485. The Kier molecular flexibility index (Phi) is 3.17. The van der Waals surface area contributed by atoms with E-state index in [2.05, 4.69) is 10.2 Å². The Morgan fingerprint density at radius 3 is 2.79 bits per heavy atom. The van der Waals surface area contributed by atoms with Crippen molar-refractivity contribution in [3.8, 4) is 0 Å². The van der Waals surface area contributed by atoms with E-state index in [1.807, 2.05) is 0 Å². The van der Waals surface area contributed by atoms with Gasteiger partial charge in [-0.25, -0.2) is 13.5 Å². The minimum Gasteiger partial charge on any atom is -0.403 e. The molecule has 0 unspecified atom stereocenters. The van der Waals surface area contributed by atoms with Gasteiger partial charge in [0, 0.05) is 17.8 Å². The third kappa shape index (κ3) is 2.13. The molecule has 7 nitrogen and oxygen atoms in total. The van der Waals surface area contributed by atoms with Gasteiger partial charge in [0.1, 0.15) is 4.91 Å². The van der Waals surface area contributed by atoms with Gasteiger partial charge in [-0.3, -0.25) is 4.79 Å². The van der Waals surface area contributed by atoms with Crippen molar-refractivity contribution in [3.63, 3.8) is 0 Å². The summed E-state index contributed by atoms with van der Waals surface area (Å²) in [6.45, 7) is 0. The molecular weight excluding hydrogens is 268 g/mol. The van der Waals surface area contributed by atoms with Crippen LogP contribution >= 0.6 is 0 Å². The van der Waals surface area contributed by atoms with Crippen molar-refractivity contribution in [2.75, 3.05) is 0 Å². The maximum absolute atomic E-state index is 12.1. The normalized spacial score (nSPS) is 12.5. The van der Waals surface area contributed by atoms with Crippen molar-refractivity contribution in [1.29, 1.82) is 5.41 Å². The van der Waals surface area contributed by atoms with Gasteiger partial charge in [0.15, 0.2) is 0 Å². The lowest BCUT2D eigenvalue weighted by molar-refractivity contribution is 0.603. The molecule has 1 heterocycles. The van der Waals surface area contributed by atoms with Crippen LogP contribution in [0.1, 0.15) is 0 Å². The molecule has 0 aliphatic carbocycles. The Morgan fingerprint density at radius 2 is 2.16 bits per heavy atom. The summed E-state index contributed by atoms with van der Waals surface area (Å²) in [6, 6.07) is 4.00. The summed E-state index contributed by atoms with van der Waals surface area (Å²) in [7, 11) is -3.85. The third-order valence-corrected chi connectivity index (χ3v) is 4.31. The monoisotopic (exact) mass is 278 g/mol. The molecule has 0 bridgehead atoms. The van der Waals surface area contributed by atoms with Crippen LogP contribution < -0.4 is 11.3 Å². The number of nitrogens with zero attached hydrogens (tertiary/aromatic N) is 1. The lowest BCUT2D eigenvalue weighted by Crippen LogP contribution is -2.10. The van der Waals surface area contributed by atoms with Gasteiger partial charge in [0.05, 0.1) is 16.5 Å². The van der Waals surface area contributed by atoms with Gasteiger partial charge in [-0.15, -0.1) is 0 Å². The minimum atomic E-state index is -3.85. The molecule has 0 spiro atoms. The topological polar surface area (TPSA) is 130 Å². The number of aromatic nitrogens is 2. The molecule has 0 aliphatic heterocycles. The fraction of sp³-hybridized carbons (Fsp3) is 0. The Bertz CT molecular complexity index is 836. The van der Waals surface area contributed by atoms with Crippen LogP contribution in [0.3, 0.4) is 0 Å². The molecule has 0 amide bonds. The second-order valence-corrected chi connectivity index (χ2v) is 5.61. The lowest BCUT2D eigenvalue weighted by atomic mass is 10.2. The quantitative estimate of drug-likeness (QED) is 0.688. The van der Waals surface area contributed by atoms with E-state index in [0.29, 0.717) is 17.0 Å². The maximum Gasteiger partial charge on any atom is 0.272 e. The first-order valence-corrected chi connectivity index (χ1v) is 6.64. The van der Waals surface area contributed by atoms with Crippen molar-refractivity contribution >= 4 is 26.8 Å². The smallest absolute Gasteiger partial charge is 0.272 e. The number of sulfone groups is 1. The van der Waals surface area contributed by atoms with E-state index in [4.69, 9.17) is 11.1 Å². The van der Waals surface area contributed by atoms with Gasteiger partial charge in [-0.05, 0) is 18.2 Å². The van der Waals surface area contributed by atoms with Gasteiger partial charge in [0.2, 0.25) is 9.84 Å². The zero-order valence-electron chi connectivity index (χ0n) is 9.62. The fourth-order valence-electron chi connectivity index (χ4n) is 1.59. The third-order valence-electron chi connectivity index (χ3n) is 2.56. The number of nitrogens with two attached hydrogens (primary N) is 1. The lowest BCUT2D eigenvalue weighted by Gasteiger charge is -2.05. The SMILES string of the molecule is N=C/C(=C\N)S(=O)(=O)c1ccc2c(=O)[nH]ncc2c1. The molecule has 19 heavy (non-hydrogen) atoms. The van der Waals surface area contributed by atoms with E-state index in [9.17, 15) is 13.2 Å². The van der Waals surface area contributed by atoms with Gasteiger partial charge < -0.3 is 11.1 Å². The average molecular weight is 278 g/mol. The van der Waals surface area contributed by atoms with E-state index >= 15 is 0 Å². The number of fused-ring (bicyclic) bond motifs is 1. The second kappa shape index (κ2) is 4.65. The molecule has 0 saturated heterocycles. The molecule has 0 atom stereocenters. The molecule has 8 heteroatoms. The first-order valence-electron chi connectivity index (χ1n) is 5.15. The van der Waals surface area contributed by atoms with Crippen LogP contribution in [-0.4, -0.2) is 24.8 Å². The van der Waals surface area contributed by atoms with Crippen molar-refractivity contribution < 1.29 is 8.42 Å². The number of nitrogens with one attached hydrogen (secondary N) is 2. The molecule has 2 rings (SSSR count). The van der Waals surface area contributed by atoms with Gasteiger partial charge in [-0.2, -0.15) is 5.10 Å². The van der Waals surface area contributed by atoms with Crippen LogP contribution in [0.25, 0.3) is 10.8 Å². The van der Waals surface area contributed by atoms with E-state index in [1.54, 1.807) is 0 Å². The van der Waals surface area contributed by atoms with E-state index in [-0.39, 0.29) is 9.80 Å². The molecule has 1 aromatic carbocycles. The van der Waals surface area contributed by atoms with Crippen LogP contribution in [0.2, 0.25) is 0 Å². The molecule has 0 aliphatic rings. The Balaban J connectivity index is 2.72. The predicted octanol–water partition coefficient (Wildman–Crippen LogP) is 0.146. The summed E-state index contributed by atoms with van der Waals surface area (Å²) in [5.74, 6) is 0. The number of hydrogen-bond acceptors (Lipinski definition) is 6. The molecule has 2 aromatic rings. The van der Waals surface area contributed by atoms with Gasteiger partial charge >= 0.3 is 0 Å². The predicted molar refractivity (Wildman–Crippen MR) is 70.6 cm³/mol. The summed E-state index contributed by atoms with van der Waals surface area (Å²) in [5, 5.41) is 13.6. The zero-order chi connectivity index (χ0) is 14.0. The van der Waals surface area contributed by atoms with Crippen LogP contribution in [0.15, 0.2) is 45.2 Å². The van der Waals surface area contributed by atoms with Crippen LogP contribution in [-0.2, 0) is 9.84 Å². The molecular formula is C11H10N4O3S. The van der Waals surface area contributed by atoms with Crippen molar-refractivity contribution in [2.45, 2.75) is 4.90 Å². The maximum atomic E-state index is 12.1. The number of hydrogen-bond donors (Lipinski definition) is 3. The zero-order valence-corrected chi connectivity index (χ0v) is 10.4. The summed E-state index contributed by atoms with van der Waals surface area (Å²) < 4.78 is 24.2. The molecule has 1 aromatic heterocycles. The van der Waals surface area contributed by atoms with Crippen molar-refractivity contribution in [2.24, 2.45) is 5.73 Å². The second-order valence-electron chi connectivity index (χ2n) is 3.66. The summed E-state index contributed by atoms with van der Waals surface area (Å²) in [4.78, 5) is 11.1. The summed E-state index contributed by atoms with van der Waals surface area (Å²) in [6.07, 6.45) is 2.87. The first-order chi connectivity index (χ1) is 9.00. The Labute approximate surface area is 108 Å². The highest BCUT2D eigenvalue weighted by molar-refractivity contribution is 7.96. The highest BCUT2D eigenvalue weighted by Crippen LogP contribution is 2.20. The number of H-pyrrole nitrogens is 1. The van der Waals surface area contributed by atoms with Gasteiger partial charge in [-0.1, -0.05) is 0 Å². The standard InChI is InChI=1S/C11H10N4O3S/c12-4-9(5-13)19(17,18)8-1-2-10-7(3-8)6-14-15-11(10)16/h1-6,12H,13H2,(H,15,16)/b9-5+,12-4?. The van der Waals surface area contributed by atoms with E-state index in [1.165, 1.54) is 24.4 Å². The molecule has 0 radical (unpaired) electrons. The Morgan fingerprint density at radius 1 is 1.42 bits per heavy atom. The van der Waals surface area contributed by atoms with Crippen molar-refractivity contribution in [1.82, 2.24) is 10.2 Å². The number of rotatable bonds is 3. The van der Waals surface area contributed by atoms with Crippen LogP contribution in [0.5, 0.6) is 0 Å². The fourth-order valence-corrected chi connectivity index (χ4v) is 2.73. The Hall–Kier alpha value is -2.48. The molecule has 98 valence electrons. The average Bonchev–Trinajstić information content (AvgIpc) is 2.39. The number of allylic oxidation sites excluding steroid dienone is 1. The number of benzene rings is 1. The van der Waals surface area contributed by atoms with Gasteiger partial charge in [0.25, 0.3) is 5.56 Å². The summed E-state index contributed by atoms with van der Waals surface area (Å²) >= 11 is 0. The molecule has 0 fully saturated rings. The largest absolute Gasteiger partial charge is 0.403 e. The highest BCUT2D eigenvalue weighted by atomic mass is 32.2. The van der Waals surface area contributed by atoms with Crippen LogP contribution in [0, 0.1) is 5.41 Å². The molecule has 0 saturated carbocycles. The first kappa shape index (κ1) is 13.0. The molecule has 4 N–H and O–H groups in total. The van der Waals surface area contributed by atoms with Crippen molar-refractivity contribution in [3.05, 3.63) is 45.9 Å². The van der Waals surface area contributed by atoms with E-state index < -0.39 is 15.4 Å². The van der Waals surface area contributed by atoms with E-state index in [0.717, 1.165) is 6.20 Å². The van der Waals surface area contributed by atoms with Crippen LogP contribution in [0.4, 0.5) is 0 Å². The number of aromatic amines is 1.